The Balaban J connectivity index is 1.92. The second-order valence-electron chi connectivity index (χ2n) is 8.23. The third kappa shape index (κ3) is 4.00. The number of imide groups is 1. The molecule has 0 radical (unpaired) electrons. The SMILES string of the molecule is COc1ccc(C)cc1N1C(=O)C(Nc2cccc(Cl)c2C)=C(c2ccc(C)cc2C)C1=O. The maximum atomic E-state index is 13.8. The highest BCUT2D eigenvalue weighted by molar-refractivity contribution is 6.46. The number of amides is 2. The second-order valence-corrected chi connectivity index (χ2v) is 8.63. The van der Waals surface area contributed by atoms with E-state index in [1.165, 1.54) is 12.0 Å². The third-order valence-electron chi connectivity index (χ3n) is 5.84. The first-order valence-corrected chi connectivity index (χ1v) is 11.0. The summed E-state index contributed by atoms with van der Waals surface area (Å²) in [6.45, 7) is 7.70. The molecule has 33 heavy (non-hydrogen) atoms. The molecule has 1 aliphatic heterocycles. The summed E-state index contributed by atoms with van der Waals surface area (Å²) >= 11 is 6.31. The lowest BCUT2D eigenvalue weighted by molar-refractivity contribution is -0.120. The molecule has 0 aromatic heterocycles. The molecule has 0 bridgehead atoms. The molecule has 0 fully saturated rings. The average Bonchev–Trinajstić information content (AvgIpc) is 3.01. The number of nitrogens with zero attached hydrogens (tertiary/aromatic N) is 1. The van der Waals surface area contributed by atoms with Gasteiger partial charge in [-0.1, -0.05) is 47.5 Å². The largest absolute Gasteiger partial charge is 0.495 e. The van der Waals surface area contributed by atoms with E-state index >= 15 is 0 Å². The molecule has 0 atom stereocenters. The molecule has 0 saturated heterocycles. The number of rotatable bonds is 5. The molecule has 4 rings (SSSR count). The lowest BCUT2D eigenvalue weighted by Gasteiger charge is -2.19. The standard InChI is InChI=1S/C27H25ClN2O3/c1-15-9-11-19(17(3)13-15)24-25(29-21-8-6-7-20(28)18(21)4)27(32)30(26(24)31)22-14-16(2)10-12-23(22)33-5/h6-14,29H,1-5H3. The predicted molar refractivity (Wildman–Crippen MR) is 133 cm³/mol. The molecule has 3 aromatic carbocycles. The maximum absolute atomic E-state index is 13.8. The molecule has 1 heterocycles. The molecular formula is C27H25ClN2O3. The van der Waals surface area contributed by atoms with Crippen molar-refractivity contribution >= 4 is 40.4 Å². The first-order valence-electron chi connectivity index (χ1n) is 10.6. The van der Waals surface area contributed by atoms with E-state index in [9.17, 15) is 9.59 Å². The number of methoxy groups -OCH3 is 1. The van der Waals surface area contributed by atoms with Crippen LogP contribution in [0.5, 0.6) is 5.75 Å². The van der Waals surface area contributed by atoms with Crippen molar-refractivity contribution in [1.82, 2.24) is 0 Å². The molecule has 2 amide bonds. The van der Waals surface area contributed by atoms with Crippen molar-refractivity contribution < 1.29 is 14.3 Å². The van der Waals surface area contributed by atoms with Gasteiger partial charge < -0.3 is 10.1 Å². The smallest absolute Gasteiger partial charge is 0.282 e. The number of aryl methyl sites for hydroxylation is 3. The van der Waals surface area contributed by atoms with Crippen LogP contribution in [0.3, 0.4) is 0 Å². The monoisotopic (exact) mass is 460 g/mol. The van der Waals surface area contributed by atoms with Gasteiger partial charge in [0.1, 0.15) is 11.4 Å². The van der Waals surface area contributed by atoms with E-state index in [1.54, 1.807) is 24.3 Å². The summed E-state index contributed by atoms with van der Waals surface area (Å²) in [6, 6.07) is 16.7. The van der Waals surface area contributed by atoms with Gasteiger partial charge in [-0.15, -0.1) is 0 Å². The van der Waals surface area contributed by atoms with Crippen molar-refractivity contribution in [3.8, 4) is 5.75 Å². The zero-order chi connectivity index (χ0) is 23.9. The van der Waals surface area contributed by atoms with E-state index < -0.39 is 11.8 Å². The van der Waals surface area contributed by atoms with Gasteiger partial charge in [0.05, 0.1) is 18.4 Å². The van der Waals surface area contributed by atoms with Gasteiger partial charge in [0.15, 0.2) is 0 Å². The van der Waals surface area contributed by atoms with Crippen molar-refractivity contribution in [2.45, 2.75) is 27.7 Å². The number of anilines is 2. The summed E-state index contributed by atoms with van der Waals surface area (Å²) in [5.41, 5.74) is 5.99. The first-order chi connectivity index (χ1) is 15.7. The Morgan fingerprint density at radius 2 is 1.58 bits per heavy atom. The zero-order valence-corrected chi connectivity index (χ0v) is 20.0. The summed E-state index contributed by atoms with van der Waals surface area (Å²) in [4.78, 5) is 28.7. The van der Waals surface area contributed by atoms with E-state index in [4.69, 9.17) is 16.3 Å². The van der Waals surface area contributed by atoms with Crippen LogP contribution >= 0.6 is 11.6 Å². The Hall–Kier alpha value is -3.57. The van der Waals surface area contributed by atoms with E-state index in [2.05, 4.69) is 5.32 Å². The molecule has 0 aliphatic carbocycles. The van der Waals surface area contributed by atoms with Crippen molar-refractivity contribution in [3.63, 3.8) is 0 Å². The first kappa shape index (κ1) is 22.6. The number of hydrogen-bond acceptors (Lipinski definition) is 4. The van der Waals surface area contributed by atoms with Crippen LogP contribution in [0.1, 0.15) is 27.8 Å². The molecular weight excluding hydrogens is 436 g/mol. The van der Waals surface area contributed by atoms with E-state index in [0.717, 1.165) is 22.3 Å². The fourth-order valence-electron chi connectivity index (χ4n) is 4.06. The molecule has 0 spiro atoms. The highest BCUT2D eigenvalue weighted by atomic mass is 35.5. The van der Waals surface area contributed by atoms with Crippen LogP contribution in [0, 0.1) is 27.7 Å². The quantitative estimate of drug-likeness (QED) is 0.476. The van der Waals surface area contributed by atoms with E-state index in [0.29, 0.717) is 33.3 Å². The Morgan fingerprint density at radius 1 is 0.879 bits per heavy atom. The maximum Gasteiger partial charge on any atom is 0.282 e. The van der Waals surface area contributed by atoms with Gasteiger partial charge in [-0.05, 0) is 74.2 Å². The van der Waals surface area contributed by atoms with Gasteiger partial charge in [-0.2, -0.15) is 0 Å². The van der Waals surface area contributed by atoms with Gasteiger partial charge >= 0.3 is 0 Å². The normalized spacial score (nSPS) is 13.7. The minimum Gasteiger partial charge on any atom is -0.495 e. The zero-order valence-electron chi connectivity index (χ0n) is 19.2. The van der Waals surface area contributed by atoms with Crippen LogP contribution < -0.4 is 15.0 Å². The summed E-state index contributed by atoms with van der Waals surface area (Å²) in [7, 11) is 1.52. The second kappa shape index (κ2) is 8.75. The van der Waals surface area contributed by atoms with Crippen molar-refractivity contribution in [3.05, 3.63) is 93.1 Å². The molecule has 1 N–H and O–H groups in total. The molecule has 0 unspecified atom stereocenters. The Bertz CT molecular complexity index is 1330. The lowest BCUT2D eigenvalue weighted by Crippen LogP contribution is -2.32. The van der Waals surface area contributed by atoms with Crippen LogP contribution in [0.2, 0.25) is 5.02 Å². The molecule has 5 nitrogen and oxygen atoms in total. The molecule has 168 valence electrons. The van der Waals surface area contributed by atoms with Gasteiger partial charge in [0.25, 0.3) is 11.8 Å². The van der Waals surface area contributed by atoms with Crippen LogP contribution in [-0.2, 0) is 9.59 Å². The summed E-state index contributed by atoms with van der Waals surface area (Å²) < 4.78 is 5.48. The van der Waals surface area contributed by atoms with E-state index in [-0.39, 0.29) is 5.70 Å². The summed E-state index contributed by atoms with van der Waals surface area (Å²) in [5, 5.41) is 3.79. The Kier molecular flexibility index (Phi) is 6.00. The van der Waals surface area contributed by atoms with Crippen LogP contribution in [0.25, 0.3) is 5.57 Å². The number of hydrogen-bond donors (Lipinski definition) is 1. The highest BCUT2D eigenvalue weighted by Crippen LogP contribution is 2.39. The van der Waals surface area contributed by atoms with Gasteiger partial charge in [-0.25, -0.2) is 4.90 Å². The van der Waals surface area contributed by atoms with Crippen LogP contribution in [0.4, 0.5) is 11.4 Å². The van der Waals surface area contributed by atoms with Crippen LogP contribution in [-0.4, -0.2) is 18.9 Å². The predicted octanol–water partition coefficient (Wildman–Crippen LogP) is 5.98. The molecule has 1 aliphatic rings. The van der Waals surface area contributed by atoms with Crippen molar-refractivity contribution in [2.24, 2.45) is 0 Å². The van der Waals surface area contributed by atoms with Gasteiger partial charge in [0.2, 0.25) is 0 Å². The van der Waals surface area contributed by atoms with Crippen molar-refractivity contribution in [2.75, 3.05) is 17.3 Å². The van der Waals surface area contributed by atoms with Crippen LogP contribution in [0.15, 0.2) is 60.3 Å². The summed E-state index contributed by atoms with van der Waals surface area (Å²) in [5.74, 6) is -0.404. The molecule has 0 saturated carbocycles. The fourth-order valence-corrected chi connectivity index (χ4v) is 4.24. The van der Waals surface area contributed by atoms with E-state index in [1.807, 2.05) is 58.0 Å². The van der Waals surface area contributed by atoms with Gasteiger partial charge in [0, 0.05) is 10.7 Å². The average molecular weight is 461 g/mol. The fraction of sp³-hybridized carbons (Fsp3) is 0.185. The highest BCUT2D eigenvalue weighted by Gasteiger charge is 2.42. The third-order valence-corrected chi connectivity index (χ3v) is 6.25. The number of benzene rings is 3. The summed E-state index contributed by atoms with van der Waals surface area (Å²) in [6.07, 6.45) is 0. The number of halogens is 1. The number of nitrogens with one attached hydrogen (secondary N) is 1. The van der Waals surface area contributed by atoms with Crippen molar-refractivity contribution in [1.29, 1.82) is 0 Å². The molecule has 3 aromatic rings. The van der Waals surface area contributed by atoms with Gasteiger partial charge in [-0.3, -0.25) is 9.59 Å². The molecule has 6 heteroatoms. The topological polar surface area (TPSA) is 58.6 Å². The lowest BCUT2D eigenvalue weighted by atomic mass is 9.97. The number of ether oxygens (including phenoxy) is 1. The number of carbonyl (C=O) groups excluding carboxylic acids is 2. The number of carbonyl (C=O) groups is 2. The Labute approximate surface area is 198 Å². The minimum atomic E-state index is -0.446. The minimum absolute atomic E-state index is 0.209. The Morgan fingerprint density at radius 3 is 2.27 bits per heavy atom.